The minimum atomic E-state index is -0.615. The van der Waals surface area contributed by atoms with Crippen LogP contribution in [0.2, 0.25) is 0 Å². The molecular weight excluding hydrogens is 414 g/mol. The van der Waals surface area contributed by atoms with Gasteiger partial charge in [-0.1, -0.05) is 23.5 Å². The van der Waals surface area contributed by atoms with Crippen molar-refractivity contribution in [2.45, 2.75) is 13.0 Å². The Morgan fingerprint density at radius 1 is 1.26 bits per heavy atom. The third-order valence-corrected chi connectivity index (χ3v) is 6.16. The smallest absolute Gasteiger partial charge is 0.338 e. The molecule has 1 atom stereocenters. The second-order valence-corrected chi connectivity index (χ2v) is 8.52. The second kappa shape index (κ2) is 7.99. The fourth-order valence-electron chi connectivity index (χ4n) is 3.63. The standard InChI is InChI=1S/C22H23N5O3S/c1-13-18(21(29)30-5)19(15-6-8-16(9-7-15)25(2)3)27-20(28)17(31-22(27)24-13)10-14-11-23-26(4)12-14/h6-12,19H,1-5H3/b17-10-. The first kappa shape index (κ1) is 20.8. The summed E-state index contributed by atoms with van der Waals surface area (Å²) < 4.78 is 8.82. The van der Waals surface area contributed by atoms with E-state index in [4.69, 9.17) is 4.74 Å². The quantitative estimate of drug-likeness (QED) is 0.573. The maximum Gasteiger partial charge on any atom is 0.338 e. The monoisotopic (exact) mass is 437 g/mol. The second-order valence-electron chi connectivity index (χ2n) is 7.51. The normalized spacial score (nSPS) is 16.2. The molecule has 3 heterocycles. The van der Waals surface area contributed by atoms with E-state index >= 15 is 0 Å². The number of carbonyl (C=O) groups is 1. The van der Waals surface area contributed by atoms with Gasteiger partial charge in [0.05, 0.1) is 35.2 Å². The topological polar surface area (TPSA) is 81.7 Å². The predicted octanol–water partition coefficient (Wildman–Crippen LogP) is 1.21. The zero-order valence-electron chi connectivity index (χ0n) is 18.0. The van der Waals surface area contributed by atoms with Crippen LogP contribution in [0.4, 0.5) is 5.69 Å². The molecule has 0 aliphatic carbocycles. The van der Waals surface area contributed by atoms with Crippen LogP contribution in [0.15, 0.2) is 57.7 Å². The molecule has 1 unspecified atom stereocenters. The number of hydrogen-bond donors (Lipinski definition) is 0. The van der Waals surface area contributed by atoms with E-state index in [0.717, 1.165) is 16.8 Å². The number of nitrogens with zero attached hydrogens (tertiary/aromatic N) is 5. The number of anilines is 1. The first-order valence-electron chi connectivity index (χ1n) is 9.67. The maximum absolute atomic E-state index is 13.4. The number of rotatable bonds is 4. The van der Waals surface area contributed by atoms with Gasteiger partial charge in [0.1, 0.15) is 0 Å². The van der Waals surface area contributed by atoms with Crippen LogP contribution in [0, 0.1) is 0 Å². The Balaban J connectivity index is 1.95. The van der Waals surface area contributed by atoms with Crippen molar-refractivity contribution in [3.05, 3.63) is 78.7 Å². The van der Waals surface area contributed by atoms with Gasteiger partial charge in [0.25, 0.3) is 5.56 Å². The van der Waals surface area contributed by atoms with Crippen LogP contribution >= 0.6 is 11.3 Å². The number of benzene rings is 1. The van der Waals surface area contributed by atoms with E-state index in [0.29, 0.717) is 20.6 Å². The summed E-state index contributed by atoms with van der Waals surface area (Å²) in [4.78, 5) is 33.2. The minimum Gasteiger partial charge on any atom is -0.466 e. The third-order valence-electron chi connectivity index (χ3n) is 5.17. The number of ether oxygens (including phenoxy) is 1. The number of methoxy groups -OCH3 is 1. The van der Waals surface area contributed by atoms with Crippen LogP contribution in [0.3, 0.4) is 0 Å². The Morgan fingerprint density at radius 2 is 1.97 bits per heavy atom. The van der Waals surface area contributed by atoms with Gasteiger partial charge >= 0.3 is 5.97 Å². The maximum atomic E-state index is 13.4. The van der Waals surface area contributed by atoms with Crippen molar-refractivity contribution in [3.63, 3.8) is 0 Å². The molecule has 0 amide bonds. The number of allylic oxidation sites excluding steroid dienone is 1. The zero-order chi connectivity index (χ0) is 22.3. The molecular formula is C22H23N5O3S. The summed E-state index contributed by atoms with van der Waals surface area (Å²) in [6.45, 7) is 1.77. The molecule has 0 saturated carbocycles. The number of esters is 1. The number of fused-ring (bicyclic) bond motifs is 1. The first-order chi connectivity index (χ1) is 14.8. The van der Waals surface area contributed by atoms with Crippen LogP contribution in [0.1, 0.15) is 24.1 Å². The number of hydrogen-bond acceptors (Lipinski definition) is 7. The van der Waals surface area contributed by atoms with Crippen molar-refractivity contribution in [1.29, 1.82) is 0 Å². The van der Waals surface area contributed by atoms with Gasteiger partial charge in [-0.25, -0.2) is 9.79 Å². The molecule has 0 radical (unpaired) electrons. The van der Waals surface area contributed by atoms with Gasteiger partial charge in [-0.15, -0.1) is 0 Å². The van der Waals surface area contributed by atoms with Crippen LogP contribution in [0.5, 0.6) is 0 Å². The Hall–Kier alpha value is -3.46. The molecule has 3 aromatic rings. The van der Waals surface area contributed by atoms with Gasteiger partial charge in [-0.05, 0) is 30.7 Å². The molecule has 2 aromatic heterocycles. The summed E-state index contributed by atoms with van der Waals surface area (Å²) >= 11 is 1.29. The highest BCUT2D eigenvalue weighted by Gasteiger charge is 2.33. The van der Waals surface area contributed by atoms with Gasteiger partial charge in [0.2, 0.25) is 0 Å². The summed E-state index contributed by atoms with van der Waals surface area (Å²) in [6.07, 6.45) is 5.32. The van der Waals surface area contributed by atoms with Gasteiger partial charge in [-0.2, -0.15) is 5.10 Å². The highest BCUT2D eigenvalue weighted by Crippen LogP contribution is 2.31. The Bertz CT molecular complexity index is 1360. The van der Waals surface area contributed by atoms with E-state index < -0.39 is 12.0 Å². The summed E-state index contributed by atoms with van der Waals surface area (Å²) in [5.74, 6) is -0.496. The van der Waals surface area contributed by atoms with Crippen molar-refractivity contribution in [2.75, 3.05) is 26.1 Å². The van der Waals surface area contributed by atoms with Gasteiger partial charge < -0.3 is 9.64 Å². The Morgan fingerprint density at radius 3 is 2.55 bits per heavy atom. The molecule has 0 fully saturated rings. The molecule has 4 rings (SSSR count). The molecule has 1 aliphatic rings. The molecule has 1 aromatic carbocycles. The Labute approximate surface area is 183 Å². The van der Waals surface area contributed by atoms with Gasteiger partial charge in [0, 0.05) is 38.6 Å². The molecule has 160 valence electrons. The van der Waals surface area contributed by atoms with Crippen molar-refractivity contribution in [2.24, 2.45) is 12.0 Å². The van der Waals surface area contributed by atoms with Crippen molar-refractivity contribution in [1.82, 2.24) is 14.3 Å². The molecule has 9 heteroatoms. The van der Waals surface area contributed by atoms with E-state index in [1.807, 2.05) is 56.5 Å². The van der Waals surface area contributed by atoms with E-state index in [2.05, 4.69) is 10.1 Å². The van der Waals surface area contributed by atoms with Crippen LogP contribution in [-0.2, 0) is 16.6 Å². The summed E-state index contributed by atoms with van der Waals surface area (Å²) in [5, 5.41) is 4.15. The fraction of sp³-hybridized carbons (Fsp3) is 0.273. The zero-order valence-corrected chi connectivity index (χ0v) is 18.8. The van der Waals surface area contributed by atoms with Crippen LogP contribution < -0.4 is 19.8 Å². The van der Waals surface area contributed by atoms with E-state index in [1.165, 1.54) is 18.4 Å². The third kappa shape index (κ3) is 3.72. The number of aromatic nitrogens is 3. The lowest BCUT2D eigenvalue weighted by Crippen LogP contribution is -2.39. The number of thiazole rings is 1. The summed E-state index contributed by atoms with van der Waals surface area (Å²) in [5.41, 5.74) is 3.36. The average molecular weight is 438 g/mol. The van der Waals surface area contributed by atoms with Crippen molar-refractivity contribution in [3.8, 4) is 0 Å². The van der Waals surface area contributed by atoms with Crippen molar-refractivity contribution >= 4 is 29.1 Å². The molecule has 0 bridgehead atoms. The highest BCUT2D eigenvalue weighted by molar-refractivity contribution is 7.07. The van der Waals surface area contributed by atoms with E-state index in [-0.39, 0.29) is 5.56 Å². The van der Waals surface area contributed by atoms with Gasteiger partial charge in [0.15, 0.2) is 4.80 Å². The predicted molar refractivity (Wildman–Crippen MR) is 120 cm³/mol. The van der Waals surface area contributed by atoms with Gasteiger partial charge in [-0.3, -0.25) is 14.0 Å². The minimum absolute atomic E-state index is 0.205. The lowest BCUT2D eigenvalue weighted by atomic mass is 9.95. The molecule has 0 N–H and O–H groups in total. The van der Waals surface area contributed by atoms with Crippen molar-refractivity contribution < 1.29 is 9.53 Å². The Kier molecular flexibility index (Phi) is 5.36. The highest BCUT2D eigenvalue weighted by atomic mass is 32.1. The molecule has 0 saturated heterocycles. The molecule has 0 spiro atoms. The first-order valence-corrected chi connectivity index (χ1v) is 10.5. The summed E-state index contributed by atoms with van der Waals surface area (Å²) in [7, 11) is 7.07. The molecule has 31 heavy (non-hydrogen) atoms. The average Bonchev–Trinajstić information content (AvgIpc) is 3.29. The number of aryl methyl sites for hydroxylation is 1. The van der Waals surface area contributed by atoms with E-state index in [1.54, 1.807) is 28.4 Å². The summed E-state index contributed by atoms with van der Waals surface area (Å²) in [6, 6.07) is 7.17. The molecule has 1 aliphatic heterocycles. The lowest BCUT2D eigenvalue weighted by Gasteiger charge is -2.25. The molecule has 8 nitrogen and oxygen atoms in total. The van der Waals surface area contributed by atoms with E-state index in [9.17, 15) is 9.59 Å². The lowest BCUT2D eigenvalue weighted by molar-refractivity contribution is -0.136. The number of carbonyl (C=O) groups excluding carboxylic acids is 1. The van der Waals surface area contributed by atoms with Crippen LogP contribution in [0.25, 0.3) is 6.08 Å². The SMILES string of the molecule is COC(=O)C1=C(C)N=c2s/c(=C\c3cnn(C)c3)c(=O)n2C1c1ccc(N(C)C)cc1. The largest absolute Gasteiger partial charge is 0.466 e. The fourth-order valence-corrected chi connectivity index (χ4v) is 4.68. The van der Waals surface area contributed by atoms with Crippen LogP contribution in [-0.4, -0.2) is 41.5 Å².